The Balaban J connectivity index is 1.85. The molecular formula is C14H15FN2S2. The predicted octanol–water partition coefficient (Wildman–Crippen LogP) is 3.64. The summed E-state index contributed by atoms with van der Waals surface area (Å²) in [4.78, 5) is 4.65. The monoisotopic (exact) mass is 294 g/mol. The van der Waals surface area contributed by atoms with Crippen LogP contribution < -0.4 is 5.32 Å². The van der Waals surface area contributed by atoms with E-state index in [-0.39, 0.29) is 5.82 Å². The van der Waals surface area contributed by atoms with Crippen LogP contribution in [0.5, 0.6) is 0 Å². The zero-order valence-electron chi connectivity index (χ0n) is 10.6. The van der Waals surface area contributed by atoms with Crippen LogP contribution in [0.25, 0.3) is 11.3 Å². The molecule has 0 saturated carbocycles. The summed E-state index contributed by atoms with van der Waals surface area (Å²) in [5.41, 5.74) is 2.40. The van der Waals surface area contributed by atoms with Gasteiger partial charge in [0.05, 0.1) is 11.7 Å². The molecule has 0 amide bonds. The highest BCUT2D eigenvalue weighted by molar-refractivity contribution is 7.99. The summed E-state index contributed by atoms with van der Waals surface area (Å²) in [7, 11) is 0. The predicted molar refractivity (Wildman–Crippen MR) is 80.3 cm³/mol. The number of benzene rings is 1. The molecule has 1 unspecified atom stereocenters. The number of hydrogen-bond acceptors (Lipinski definition) is 4. The van der Waals surface area contributed by atoms with Gasteiger partial charge in [-0.2, -0.15) is 11.8 Å². The molecule has 1 aromatic heterocycles. The van der Waals surface area contributed by atoms with E-state index in [0.717, 1.165) is 34.3 Å². The number of thiazole rings is 1. The Bertz CT molecular complexity index is 577. The number of rotatable bonds is 2. The third kappa shape index (κ3) is 2.83. The number of nitrogens with one attached hydrogen (secondary N) is 1. The van der Waals surface area contributed by atoms with Gasteiger partial charge in [0.2, 0.25) is 0 Å². The highest BCUT2D eigenvalue weighted by Gasteiger charge is 2.18. The van der Waals surface area contributed by atoms with Gasteiger partial charge < -0.3 is 5.32 Å². The highest BCUT2D eigenvalue weighted by atomic mass is 32.2. The second kappa shape index (κ2) is 5.61. The minimum Gasteiger partial charge on any atom is -0.306 e. The lowest BCUT2D eigenvalue weighted by atomic mass is 10.1. The average molecular weight is 294 g/mol. The maximum Gasteiger partial charge on any atom is 0.126 e. The Morgan fingerprint density at radius 1 is 1.42 bits per heavy atom. The first-order valence-corrected chi connectivity index (χ1v) is 8.30. The van der Waals surface area contributed by atoms with Crippen molar-refractivity contribution in [2.75, 3.05) is 18.1 Å². The van der Waals surface area contributed by atoms with Crippen molar-refractivity contribution in [2.45, 2.75) is 13.0 Å². The second-order valence-electron chi connectivity index (χ2n) is 4.62. The normalized spacial score (nSPS) is 19.6. The number of thioether (sulfide) groups is 1. The first kappa shape index (κ1) is 13.1. The van der Waals surface area contributed by atoms with E-state index in [1.807, 2.05) is 23.2 Å². The molecule has 3 rings (SSSR count). The zero-order valence-corrected chi connectivity index (χ0v) is 12.3. The first-order chi connectivity index (χ1) is 9.24. The SMILES string of the molecule is Cc1ccc(-c2csc(C3CSCCN3)n2)cc1F. The highest BCUT2D eigenvalue weighted by Crippen LogP contribution is 2.29. The summed E-state index contributed by atoms with van der Waals surface area (Å²) in [6.07, 6.45) is 0. The molecule has 2 heterocycles. The van der Waals surface area contributed by atoms with Gasteiger partial charge in [0, 0.05) is 29.0 Å². The standard InChI is InChI=1S/C14H15FN2S2/c1-9-2-3-10(6-11(9)15)12-8-19-14(17-12)13-7-18-5-4-16-13/h2-3,6,8,13,16H,4-5,7H2,1H3. The minimum absolute atomic E-state index is 0.168. The summed E-state index contributed by atoms with van der Waals surface area (Å²) in [5, 5.41) is 6.59. The Labute approximate surface area is 120 Å². The molecule has 1 fully saturated rings. The molecule has 5 heteroatoms. The third-order valence-electron chi connectivity index (χ3n) is 3.21. The number of halogens is 1. The van der Waals surface area contributed by atoms with E-state index >= 15 is 0 Å². The van der Waals surface area contributed by atoms with Gasteiger partial charge in [0.1, 0.15) is 10.8 Å². The van der Waals surface area contributed by atoms with E-state index in [2.05, 4.69) is 10.3 Å². The maximum atomic E-state index is 13.6. The fraction of sp³-hybridized carbons (Fsp3) is 0.357. The van der Waals surface area contributed by atoms with Crippen molar-refractivity contribution in [1.29, 1.82) is 0 Å². The molecule has 0 bridgehead atoms. The second-order valence-corrected chi connectivity index (χ2v) is 6.66. The van der Waals surface area contributed by atoms with Crippen LogP contribution in [0.3, 0.4) is 0 Å². The van der Waals surface area contributed by atoms with Crippen molar-refractivity contribution >= 4 is 23.1 Å². The van der Waals surface area contributed by atoms with Gasteiger partial charge in [-0.05, 0) is 18.6 Å². The molecule has 1 aromatic carbocycles. The number of aryl methyl sites for hydroxylation is 1. The van der Waals surface area contributed by atoms with E-state index < -0.39 is 0 Å². The largest absolute Gasteiger partial charge is 0.306 e. The van der Waals surface area contributed by atoms with Crippen LogP contribution in [-0.2, 0) is 0 Å². The molecule has 1 aliphatic rings. The van der Waals surface area contributed by atoms with Gasteiger partial charge in [-0.1, -0.05) is 12.1 Å². The topological polar surface area (TPSA) is 24.9 Å². The number of hydrogen-bond donors (Lipinski definition) is 1. The van der Waals surface area contributed by atoms with Crippen LogP contribution in [0.4, 0.5) is 4.39 Å². The molecule has 1 N–H and O–H groups in total. The van der Waals surface area contributed by atoms with E-state index in [4.69, 9.17) is 0 Å². The Morgan fingerprint density at radius 3 is 3.05 bits per heavy atom. The zero-order chi connectivity index (χ0) is 13.2. The van der Waals surface area contributed by atoms with E-state index in [1.165, 1.54) is 0 Å². The van der Waals surface area contributed by atoms with Crippen molar-refractivity contribution in [1.82, 2.24) is 10.3 Å². The molecule has 0 spiro atoms. The van der Waals surface area contributed by atoms with Gasteiger partial charge in [-0.25, -0.2) is 9.37 Å². The lowest BCUT2D eigenvalue weighted by molar-refractivity contribution is 0.592. The van der Waals surface area contributed by atoms with Crippen molar-refractivity contribution in [2.24, 2.45) is 0 Å². The van der Waals surface area contributed by atoms with Crippen molar-refractivity contribution in [3.05, 3.63) is 40.0 Å². The fourth-order valence-electron chi connectivity index (χ4n) is 2.06. The molecule has 19 heavy (non-hydrogen) atoms. The van der Waals surface area contributed by atoms with E-state index in [1.54, 1.807) is 30.4 Å². The Kier molecular flexibility index (Phi) is 3.86. The summed E-state index contributed by atoms with van der Waals surface area (Å²) >= 11 is 3.60. The number of nitrogens with zero attached hydrogens (tertiary/aromatic N) is 1. The quantitative estimate of drug-likeness (QED) is 0.915. The Morgan fingerprint density at radius 2 is 2.32 bits per heavy atom. The Hall–Kier alpha value is -0.910. The van der Waals surface area contributed by atoms with Gasteiger partial charge in [0.15, 0.2) is 0 Å². The molecule has 1 atom stereocenters. The average Bonchev–Trinajstić information content (AvgIpc) is 2.93. The molecule has 2 aromatic rings. The van der Waals surface area contributed by atoms with Gasteiger partial charge in [-0.15, -0.1) is 11.3 Å². The minimum atomic E-state index is -0.168. The summed E-state index contributed by atoms with van der Waals surface area (Å²) in [6, 6.07) is 5.64. The summed E-state index contributed by atoms with van der Waals surface area (Å²) in [5.74, 6) is 2.06. The van der Waals surface area contributed by atoms with Crippen LogP contribution in [-0.4, -0.2) is 23.0 Å². The number of aromatic nitrogens is 1. The van der Waals surface area contributed by atoms with E-state index in [0.29, 0.717) is 11.6 Å². The molecule has 100 valence electrons. The van der Waals surface area contributed by atoms with E-state index in [9.17, 15) is 4.39 Å². The van der Waals surface area contributed by atoms with Crippen molar-refractivity contribution < 1.29 is 4.39 Å². The molecule has 2 nitrogen and oxygen atoms in total. The third-order valence-corrected chi connectivity index (χ3v) is 5.23. The summed E-state index contributed by atoms with van der Waals surface area (Å²) < 4.78 is 13.6. The van der Waals surface area contributed by atoms with Crippen molar-refractivity contribution in [3.63, 3.8) is 0 Å². The lowest BCUT2D eigenvalue weighted by Gasteiger charge is -2.20. The van der Waals surface area contributed by atoms with Gasteiger partial charge in [-0.3, -0.25) is 0 Å². The molecular weight excluding hydrogens is 279 g/mol. The van der Waals surface area contributed by atoms with Crippen LogP contribution in [0.15, 0.2) is 23.6 Å². The van der Waals surface area contributed by atoms with Crippen LogP contribution in [0.2, 0.25) is 0 Å². The van der Waals surface area contributed by atoms with Crippen LogP contribution in [0, 0.1) is 12.7 Å². The van der Waals surface area contributed by atoms with Crippen LogP contribution in [0.1, 0.15) is 16.6 Å². The van der Waals surface area contributed by atoms with Gasteiger partial charge >= 0.3 is 0 Å². The molecule has 1 aliphatic heterocycles. The molecule has 1 saturated heterocycles. The fourth-order valence-corrected chi connectivity index (χ4v) is 4.01. The maximum absolute atomic E-state index is 13.6. The smallest absolute Gasteiger partial charge is 0.126 e. The van der Waals surface area contributed by atoms with Crippen molar-refractivity contribution in [3.8, 4) is 11.3 Å². The molecule has 0 radical (unpaired) electrons. The van der Waals surface area contributed by atoms with Gasteiger partial charge in [0.25, 0.3) is 0 Å². The molecule has 0 aliphatic carbocycles. The summed E-state index contributed by atoms with van der Waals surface area (Å²) in [6.45, 7) is 2.80. The first-order valence-electron chi connectivity index (χ1n) is 6.27. The van der Waals surface area contributed by atoms with Crippen LogP contribution >= 0.6 is 23.1 Å². The lowest BCUT2D eigenvalue weighted by Crippen LogP contribution is -2.30.